The van der Waals surface area contributed by atoms with Crippen LogP contribution in [0.3, 0.4) is 0 Å². The molecule has 0 radical (unpaired) electrons. The molecular formula is C35H52O8. The summed E-state index contributed by atoms with van der Waals surface area (Å²) in [5.74, 6) is -0.973. The number of ether oxygens (including phenoxy) is 2. The third kappa shape index (κ3) is 4.93. The first-order valence-corrected chi connectivity index (χ1v) is 16.3. The Balaban J connectivity index is 1.46. The van der Waals surface area contributed by atoms with Gasteiger partial charge in [-0.05, 0) is 97.4 Å². The van der Waals surface area contributed by atoms with E-state index in [1.54, 1.807) is 0 Å². The summed E-state index contributed by atoms with van der Waals surface area (Å²) in [5.41, 5.74) is 0.166. The van der Waals surface area contributed by atoms with Crippen LogP contribution in [-0.4, -0.2) is 46.8 Å². The Morgan fingerprint density at radius 2 is 1.56 bits per heavy atom. The highest BCUT2D eigenvalue weighted by Crippen LogP contribution is 2.75. The highest BCUT2D eigenvalue weighted by Gasteiger charge is 2.70. The van der Waals surface area contributed by atoms with Gasteiger partial charge in [0.1, 0.15) is 12.7 Å². The number of carboxylic acid groups (broad SMARTS) is 2. The fourth-order valence-corrected chi connectivity index (χ4v) is 11.2. The Hall–Kier alpha value is -2.38. The van der Waals surface area contributed by atoms with Crippen LogP contribution >= 0.6 is 0 Å². The van der Waals surface area contributed by atoms with Crippen molar-refractivity contribution in [2.24, 2.45) is 50.2 Å². The van der Waals surface area contributed by atoms with Gasteiger partial charge in [0, 0.05) is 16.7 Å². The highest BCUT2D eigenvalue weighted by atomic mass is 16.7. The van der Waals surface area contributed by atoms with Gasteiger partial charge in [0.25, 0.3) is 0 Å². The number of carboxylic acids is 1. The predicted octanol–water partition coefficient (Wildman–Crippen LogP) is 7.44. The zero-order valence-electron chi connectivity index (χ0n) is 27.2. The van der Waals surface area contributed by atoms with Crippen molar-refractivity contribution >= 4 is 23.9 Å². The van der Waals surface area contributed by atoms with Crippen molar-refractivity contribution in [3.63, 3.8) is 0 Å². The van der Waals surface area contributed by atoms with Gasteiger partial charge in [-0.3, -0.25) is 14.4 Å². The molecule has 0 heterocycles. The third-order valence-corrected chi connectivity index (χ3v) is 14.0. The molecule has 0 saturated heterocycles. The van der Waals surface area contributed by atoms with E-state index in [0.29, 0.717) is 6.42 Å². The molecule has 43 heavy (non-hydrogen) atoms. The summed E-state index contributed by atoms with van der Waals surface area (Å²) in [6.45, 7) is 16.1. The Morgan fingerprint density at radius 1 is 0.884 bits per heavy atom. The number of carbonyl (C=O) groups excluding carboxylic acids is 2. The maximum atomic E-state index is 14.5. The van der Waals surface area contributed by atoms with Crippen LogP contribution in [0.2, 0.25) is 0 Å². The summed E-state index contributed by atoms with van der Waals surface area (Å²) < 4.78 is 11.0. The van der Waals surface area contributed by atoms with Gasteiger partial charge in [0.2, 0.25) is 0 Å². The average molecular weight is 601 g/mol. The maximum absolute atomic E-state index is 14.5. The third-order valence-electron chi connectivity index (χ3n) is 14.0. The summed E-state index contributed by atoms with van der Waals surface area (Å²) in [6.07, 6.45) is 8.32. The number of ketones is 1. The summed E-state index contributed by atoms with van der Waals surface area (Å²) in [6, 6.07) is 0. The molecule has 4 fully saturated rings. The van der Waals surface area contributed by atoms with E-state index in [1.165, 1.54) is 5.57 Å². The van der Waals surface area contributed by atoms with Crippen molar-refractivity contribution in [1.29, 1.82) is 0 Å². The second kappa shape index (κ2) is 10.3. The van der Waals surface area contributed by atoms with Crippen molar-refractivity contribution in [3.8, 4) is 0 Å². The van der Waals surface area contributed by atoms with Crippen LogP contribution in [0.5, 0.6) is 0 Å². The number of rotatable bonds is 6. The minimum absolute atomic E-state index is 0.0865. The van der Waals surface area contributed by atoms with Crippen molar-refractivity contribution < 1.29 is 38.9 Å². The number of carbonyl (C=O) groups is 4. The Labute approximate surface area is 256 Å². The molecule has 5 aliphatic rings. The zero-order valence-corrected chi connectivity index (χ0v) is 27.2. The monoisotopic (exact) mass is 600 g/mol. The van der Waals surface area contributed by atoms with E-state index in [9.17, 15) is 24.3 Å². The lowest BCUT2D eigenvalue weighted by Gasteiger charge is -2.70. The van der Waals surface area contributed by atoms with Crippen LogP contribution in [0.1, 0.15) is 119 Å². The van der Waals surface area contributed by atoms with E-state index < -0.39 is 18.1 Å². The molecule has 0 aromatic carbocycles. The second-order valence-corrected chi connectivity index (χ2v) is 16.8. The molecule has 0 amide bonds. The number of hydrogen-bond donors (Lipinski definition) is 2. The minimum Gasteiger partial charge on any atom is -0.481 e. The van der Waals surface area contributed by atoms with Gasteiger partial charge in [-0.25, -0.2) is 4.79 Å². The molecule has 0 aromatic heterocycles. The number of fused-ring (bicyclic) bond motifs is 7. The van der Waals surface area contributed by atoms with Crippen LogP contribution in [0.4, 0.5) is 4.79 Å². The summed E-state index contributed by atoms with van der Waals surface area (Å²) in [5, 5.41) is 18.2. The number of hydrogen-bond acceptors (Lipinski definition) is 6. The predicted molar refractivity (Wildman–Crippen MR) is 160 cm³/mol. The van der Waals surface area contributed by atoms with Crippen molar-refractivity contribution in [1.82, 2.24) is 0 Å². The molecular weight excluding hydrogens is 548 g/mol. The molecule has 8 heteroatoms. The van der Waals surface area contributed by atoms with E-state index in [-0.39, 0.29) is 81.6 Å². The van der Waals surface area contributed by atoms with Crippen LogP contribution in [0, 0.1) is 50.2 Å². The fraction of sp³-hybridized carbons (Fsp3) is 0.829. The van der Waals surface area contributed by atoms with Gasteiger partial charge in [-0.1, -0.05) is 54.0 Å². The molecule has 3 unspecified atom stereocenters. The minimum atomic E-state index is -1.23. The Morgan fingerprint density at radius 3 is 2.21 bits per heavy atom. The topological polar surface area (TPSA) is 127 Å². The molecule has 0 bridgehead atoms. The Kier molecular flexibility index (Phi) is 7.70. The van der Waals surface area contributed by atoms with Gasteiger partial charge < -0.3 is 19.7 Å². The van der Waals surface area contributed by atoms with Crippen molar-refractivity contribution in [2.75, 3.05) is 6.61 Å². The van der Waals surface area contributed by atoms with Crippen molar-refractivity contribution in [2.45, 2.75) is 125 Å². The number of aliphatic carboxylic acids is 1. The first-order chi connectivity index (χ1) is 19.8. The van der Waals surface area contributed by atoms with E-state index >= 15 is 0 Å². The molecule has 4 saturated carbocycles. The van der Waals surface area contributed by atoms with Crippen molar-refractivity contribution in [3.05, 3.63) is 11.6 Å². The number of esters is 1. The van der Waals surface area contributed by atoms with E-state index in [1.807, 2.05) is 6.08 Å². The molecule has 0 aromatic rings. The lowest BCUT2D eigenvalue weighted by molar-refractivity contribution is -0.211. The van der Waals surface area contributed by atoms with Crippen LogP contribution in [-0.2, 0) is 23.9 Å². The lowest BCUT2D eigenvalue weighted by Crippen LogP contribution is -2.66. The summed E-state index contributed by atoms with van der Waals surface area (Å²) in [4.78, 5) is 49.3. The first-order valence-electron chi connectivity index (χ1n) is 16.3. The molecule has 240 valence electrons. The summed E-state index contributed by atoms with van der Waals surface area (Å²) >= 11 is 0. The highest BCUT2D eigenvalue weighted by molar-refractivity contribution is 5.95. The Bertz CT molecular complexity index is 1240. The van der Waals surface area contributed by atoms with E-state index in [2.05, 4.69) is 48.5 Å². The second-order valence-electron chi connectivity index (χ2n) is 16.8. The smallest absolute Gasteiger partial charge is 0.481 e. The van der Waals surface area contributed by atoms with Gasteiger partial charge in [0.05, 0.1) is 12.8 Å². The quantitative estimate of drug-likeness (QED) is 0.301. The first kappa shape index (κ1) is 32.0. The molecule has 8 nitrogen and oxygen atoms in total. The standard InChI is InChI=1S/C35H52O8/c1-30(2)24-10-13-35(7)28(33(24,5)12-11-25(30)43-27(39)9-8-26(37)38)23(36)18-21-22-19-31(3,20-42-29(40)41)14-15-32(22,4)16-17-34(21,35)6/h18,22,24-25,28H,8-17,19-20H2,1-7H3,(H,37,38)(H,40,41)/t22-,24?,25+,28?,31?,32-,33+,34-,35-/m1/s1. The summed E-state index contributed by atoms with van der Waals surface area (Å²) in [7, 11) is 0. The normalized spacial score (nSPS) is 44.9. The number of allylic oxidation sites excluding steroid dienone is 2. The van der Waals surface area contributed by atoms with Gasteiger partial charge in [-0.15, -0.1) is 0 Å². The average Bonchev–Trinajstić information content (AvgIpc) is 2.90. The van der Waals surface area contributed by atoms with Gasteiger partial charge >= 0.3 is 18.1 Å². The van der Waals surface area contributed by atoms with E-state index in [0.717, 1.165) is 51.4 Å². The zero-order chi connectivity index (χ0) is 31.8. The molecule has 0 spiro atoms. The molecule has 5 rings (SSSR count). The SMILES string of the molecule is CC1(COC(=O)O)CC[C@]2(C)CC[C@]3(C)C(=CC(=O)C4[C@@]5(C)CC[C@H](OC(=O)CCC(=O)O)C(C)(C)C5CC[C@]43C)[C@H]2C1. The van der Waals surface area contributed by atoms with Gasteiger partial charge in [0.15, 0.2) is 5.78 Å². The fourth-order valence-electron chi connectivity index (χ4n) is 11.2. The largest absolute Gasteiger partial charge is 0.505 e. The molecule has 0 aliphatic heterocycles. The molecule has 2 N–H and O–H groups in total. The van der Waals surface area contributed by atoms with Crippen LogP contribution in [0.15, 0.2) is 11.6 Å². The van der Waals surface area contributed by atoms with Crippen LogP contribution in [0.25, 0.3) is 0 Å². The van der Waals surface area contributed by atoms with Gasteiger partial charge in [-0.2, -0.15) is 0 Å². The van der Waals surface area contributed by atoms with E-state index in [4.69, 9.17) is 14.6 Å². The lowest BCUT2D eigenvalue weighted by atomic mass is 9.33. The maximum Gasteiger partial charge on any atom is 0.505 e. The molecule has 5 aliphatic carbocycles. The van der Waals surface area contributed by atoms with Crippen LogP contribution < -0.4 is 0 Å². The molecule has 9 atom stereocenters.